The van der Waals surface area contributed by atoms with Crippen molar-refractivity contribution in [2.45, 2.75) is 62.2 Å². The minimum Gasteiger partial charge on any atom is -0.309 e. The van der Waals surface area contributed by atoms with Crippen molar-refractivity contribution in [1.82, 2.24) is 9.13 Å². The Kier molecular flexibility index (Phi) is 11.7. The molecule has 0 aliphatic heterocycles. The topological polar surface area (TPSA) is 9.86 Å². The van der Waals surface area contributed by atoms with Crippen molar-refractivity contribution < 1.29 is 0 Å². The van der Waals surface area contributed by atoms with Crippen molar-refractivity contribution in [3.63, 3.8) is 0 Å². The van der Waals surface area contributed by atoms with Gasteiger partial charge in [0.2, 0.25) is 0 Å². The summed E-state index contributed by atoms with van der Waals surface area (Å²) in [7, 11) is 0. The zero-order chi connectivity index (χ0) is 57.9. The van der Waals surface area contributed by atoms with E-state index in [1.807, 2.05) is 0 Å². The number of benzene rings is 12. The molecule has 2 heteroatoms. The van der Waals surface area contributed by atoms with Gasteiger partial charge in [-0.15, -0.1) is 0 Å². The van der Waals surface area contributed by atoms with Crippen LogP contribution in [0.4, 0.5) is 0 Å². The van der Waals surface area contributed by atoms with E-state index in [0.29, 0.717) is 0 Å². The number of aromatic nitrogens is 2. The minimum atomic E-state index is 0.0493. The van der Waals surface area contributed by atoms with Crippen LogP contribution in [0.1, 0.15) is 95.9 Å². The molecule has 0 bridgehead atoms. The van der Waals surface area contributed by atoms with Gasteiger partial charge in [0.1, 0.15) is 0 Å². The Morgan fingerprint density at radius 2 is 0.545 bits per heavy atom. The molecule has 18 rings (SSSR count). The van der Waals surface area contributed by atoms with Gasteiger partial charge in [-0.2, -0.15) is 0 Å². The highest BCUT2D eigenvalue weighted by Gasteiger charge is 2.47. The smallest absolute Gasteiger partial charge is 0.0541 e. The molecule has 4 aliphatic carbocycles. The van der Waals surface area contributed by atoms with E-state index in [1.165, 1.54) is 206 Å². The van der Waals surface area contributed by atoms with Crippen LogP contribution in [-0.4, -0.2) is 9.13 Å². The lowest BCUT2D eigenvalue weighted by atomic mass is 9.75. The second-order valence-electron chi connectivity index (χ2n) is 25.5. The van der Waals surface area contributed by atoms with Crippen molar-refractivity contribution in [2.75, 3.05) is 0 Å². The fourth-order valence-electron chi connectivity index (χ4n) is 16.6. The van der Waals surface area contributed by atoms with Gasteiger partial charge >= 0.3 is 0 Å². The van der Waals surface area contributed by atoms with Gasteiger partial charge in [0.15, 0.2) is 0 Å². The summed E-state index contributed by atoms with van der Waals surface area (Å²) in [5.41, 5.74) is 31.7. The highest BCUT2D eigenvalue weighted by Crippen LogP contribution is 2.60. The van der Waals surface area contributed by atoms with Crippen LogP contribution in [0.2, 0.25) is 0 Å². The lowest BCUT2D eigenvalue weighted by molar-refractivity contribution is 0.549. The average molecular weight is 1130 g/mol. The van der Waals surface area contributed by atoms with Gasteiger partial charge in [-0.05, 0) is 199 Å². The van der Waals surface area contributed by atoms with E-state index < -0.39 is 0 Å². The Balaban J connectivity index is 0.594. The average Bonchev–Trinajstić information content (AvgIpc) is 2.11. The van der Waals surface area contributed by atoms with E-state index in [9.17, 15) is 0 Å². The van der Waals surface area contributed by atoms with Gasteiger partial charge in [-0.3, -0.25) is 0 Å². The predicted molar refractivity (Wildman–Crippen MR) is 372 cm³/mol. The van der Waals surface area contributed by atoms with Gasteiger partial charge in [0.25, 0.3) is 0 Å². The molecule has 0 saturated heterocycles. The van der Waals surface area contributed by atoms with Crippen LogP contribution in [0.5, 0.6) is 0 Å². The maximum atomic E-state index is 2.60. The maximum Gasteiger partial charge on any atom is 0.0541 e. The zero-order valence-electron chi connectivity index (χ0n) is 49.3. The molecule has 2 spiro atoms. The number of hydrogen-bond acceptors (Lipinski definition) is 0. The normalized spacial score (nSPS) is 15.2. The van der Waals surface area contributed by atoms with Gasteiger partial charge in [-0.1, -0.05) is 244 Å². The summed E-state index contributed by atoms with van der Waals surface area (Å²) < 4.78 is 4.76. The van der Waals surface area contributed by atoms with Gasteiger partial charge in [0, 0.05) is 43.7 Å². The van der Waals surface area contributed by atoms with E-state index in [0.717, 1.165) is 0 Å². The van der Waals surface area contributed by atoms with Crippen molar-refractivity contribution in [3.8, 4) is 67.0 Å². The van der Waals surface area contributed by atoms with Crippen LogP contribution in [0, 0.1) is 0 Å². The third kappa shape index (κ3) is 8.01. The molecule has 2 fully saturated rings. The molecule has 14 aromatic rings. The molecule has 0 N–H and O–H groups in total. The molecule has 4 aliphatic rings. The zero-order valence-corrected chi connectivity index (χ0v) is 49.3. The summed E-state index contributed by atoms with van der Waals surface area (Å²) in [6.07, 6.45) is 19.1. The van der Waals surface area contributed by atoms with Crippen LogP contribution in [-0.2, 0) is 10.8 Å². The summed E-state index contributed by atoms with van der Waals surface area (Å²) in [6, 6.07) is 100. The highest BCUT2D eigenvalue weighted by molar-refractivity contribution is 6.12. The van der Waals surface area contributed by atoms with Crippen LogP contribution in [0.15, 0.2) is 267 Å². The summed E-state index contributed by atoms with van der Waals surface area (Å²) in [4.78, 5) is 0. The third-order valence-corrected chi connectivity index (χ3v) is 20.8. The maximum absolute atomic E-state index is 2.60. The van der Waals surface area contributed by atoms with Crippen LogP contribution >= 0.6 is 0 Å². The molecule has 2 nitrogen and oxygen atoms in total. The van der Waals surface area contributed by atoms with Crippen molar-refractivity contribution in [3.05, 3.63) is 311 Å². The van der Waals surface area contributed by atoms with Crippen molar-refractivity contribution in [2.24, 2.45) is 0 Å². The Hall–Kier alpha value is -10.3. The van der Waals surface area contributed by atoms with Crippen molar-refractivity contribution >= 4 is 67.9 Å². The largest absolute Gasteiger partial charge is 0.309 e. The van der Waals surface area contributed by atoms with E-state index in [2.05, 4.69) is 300 Å². The van der Waals surface area contributed by atoms with Gasteiger partial charge in [-0.25, -0.2) is 0 Å². The number of hydrogen-bond donors (Lipinski definition) is 0. The number of fused-ring (bicyclic) bond motifs is 16. The Morgan fingerprint density at radius 1 is 0.239 bits per heavy atom. The molecule has 2 heterocycles. The Labute approximate surface area is 514 Å². The van der Waals surface area contributed by atoms with Crippen LogP contribution < -0.4 is 0 Å². The van der Waals surface area contributed by atoms with E-state index in [-0.39, 0.29) is 10.8 Å². The van der Waals surface area contributed by atoms with Crippen LogP contribution in [0.25, 0.3) is 135 Å². The highest BCUT2D eigenvalue weighted by atomic mass is 15.0. The first-order chi connectivity index (χ1) is 43.5. The molecule has 12 aromatic carbocycles. The minimum absolute atomic E-state index is 0.0493. The summed E-state index contributed by atoms with van der Waals surface area (Å²) >= 11 is 0. The molecule has 0 unspecified atom stereocenters. The Bertz CT molecular complexity index is 4840. The number of nitrogens with zero attached hydrogens (tertiary/aromatic N) is 2. The quantitative estimate of drug-likeness (QED) is 0.128. The predicted octanol–water partition coefficient (Wildman–Crippen LogP) is 22.9. The molecule has 0 atom stereocenters. The molecule has 2 saturated carbocycles. The lowest BCUT2D eigenvalue weighted by Crippen LogP contribution is -2.21. The van der Waals surface area contributed by atoms with E-state index in [4.69, 9.17) is 0 Å². The first-order valence-electron chi connectivity index (χ1n) is 31.9. The molecule has 0 radical (unpaired) electrons. The first-order valence-corrected chi connectivity index (χ1v) is 31.9. The lowest BCUT2D eigenvalue weighted by Gasteiger charge is -2.28. The first kappa shape index (κ1) is 51.0. The molecular weight excluding hydrogens is 1060 g/mol. The molecular formula is C86H64N2. The number of rotatable bonds is 9. The SMILES string of the molecule is C(=C\c1ccc2c(c1)C1(CCCC1)c1cc(-c3ccc4c(c3)C3(CCCC3)c3cc(/C=C/c5ccc(-c6ccc7c(c6)c6ccccc6n7-c6ccccc6)cc5)ccc3-4)ccc1-2)/c1ccc(-c2ccc3c(c2)c2ccccc2n3-c2ccccc2)cc1. The standard InChI is InChI=1S/C86H64N2/c1-3-15-67(16-4-1)87-81-21-9-7-19-73(81)75-53-63(39-45-83(75)87)61-33-27-57(28-34-61)23-25-59-31-41-69-71-43-37-65(55-79(71)85(77(69)51-59)47-11-12-48-85)66-38-44-72-70-42-32-60(52-78(70)86(80(72)56-66)49-13-14-50-86)26-24-58-29-35-62(36-30-58)64-40-46-84-76(54-64)74-20-8-10-22-82(74)88(84)68-17-5-2-6-18-68/h1-10,15-46,51-56H,11-14,47-50H2/b25-23+,26-24+. The molecule has 418 valence electrons. The summed E-state index contributed by atoms with van der Waals surface area (Å²) in [5, 5.41) is 5.10. The fraction of sp³-hybridized carbons (Fsp3) is 0.116. The number of para-hydroxylation sites is 4. The van der Waals surface area contributed by atoms with Gasteiger partial charge in [0.05, 0.1) is 22.1 Å². The van der Waals surface area contributed by atoms with Gasteiger partial charge < -0.3 is 9.13 Å². The third-order valence-electron chi connectivity index (χ3n) is 20.8. The summed E-state index contributed by atoms with van der Waals surface area (Å²) in [5.74, 6) is 0. The second-order valence-corrected chi connectivity index (χ2v) is 25.5. The summed E-state index contributed by atoms with van der Waals surface area (Å²) in [6.45, 7) is 0. The molecule has 0 amide bonds. The second kappa shape index (κ2) is 20.2. The Morgan fingerprint density at radius 3 is 0.966 bits per heavy atom. The monoisotopic (exact) mass is 1120 g/mol. The van der Waals surface area contributed by atoms with E-state index >= 15 is 0 Å². The van der Waals surface area contributed by atoms with E-state index in [1.54, 1.807) is 0 Å². The fourth-order valence-corrected chi connectivity index (χ4v) is 16.6. The molecule has 2 aromatic heterocycles. The molecule has 88 heavy (non-hydrogen) atoms. The van der Waals surface area contributed by atoms with Crippen LogP contribution in [0.3, 0.4) is 0 Å². The van der Waals surface area contributed by atoms with Crippen molar-refractivity contribution in [1.29, 1.82) is 0 Å².